The van der Waals surface area contributed by atoms with Crippen LogP contribution < -0.4 is 16.2 Å². The SMILES string of the molecule is CC(=O)NNC(=O)CN(C)CC(=O)Nc1c(C)cccc1C. The molecule has 3 amide bonds. The number of aryl methyl sites for hydroxylation is 2. The number of amides is 3. The fraction of sp³-hybridized carbons (Fsp3) is 0.400. The summed E-state index contributed by atoms with van der Waals surface area (Å²) in [5, 5.41) is 2.85. The van der Waals surface area contributed by atoms with Gasteiger partial charge >= 0.3 is 0 Å². The van der Waals surface area contributed by atoms with Crippen molar-refractivity contribution in [1.82, 2.24) is 15.8 Å². The third kappa shape index (κ3) is 5.92. The molecule has 0 aliphatic carbocycles. The van der Waals surface area contributed by atoms with Gasteiger partial charge in [0.15, 0.2) is 0 Å². The molecule has 0 spiro atoms. The largest absolute Gasteiger partial charge is 0.324 e. The fourth-order valence-electron chi connectivity index (χ4n) is 1.93. The van der Waals surface area contributed by atoms with Crippen molar-refractivity contribution in [2.75, 3.05) is 25.5 Å². The second kappa shape index (κ2) is 8.14. The summed E-state index contributed by atoms with van der Waals surface area (Å²) in [5.41, 5.74) is 7.20. The standard InChI is InChI=1S/C15H22N4O3/c1-10-6-5-7-11(2)15(10)16-13(21)8-19(4)9-14(22)18-17-12(3)20/h5-7H,8-9H2,1-4H3,(H,16,21)(H,17,20)(H,18,22). The molecule has 0 fully saturated rings. The third-order valence-electron chi connectivity index (χ3n) is 2.95. The van der Waals surface area contributed by atoms with Crippen molar-refractivity contribution in [3.63, 3.8) is 0 Å². The molecule has 0 aliphatic heterocycles. The van der Waals surface area contributed by atoms with Gasteiger partial charge in [0, 0.05) is 12.6 Å². The molecule has 7 nitrogen and oxygen atoms in total. The molecule has 7 heteroatoms. The molecule has 0 aliphatic rings. The molecule has 3 N–H and O–H groups in total. The lowest BCUT2D eigenvalue weighted by Crippen LogP contribution is -2.46. The van der Waals surface area contributed by atoms with Crippen LogP contribution in [0.4, 0.5) is 5.69 Å². The fourth-order valence-corrected chi connectivity index (χ4v) is 1.93. The van der Waals surface area contributed by atoms with E-state index in [9.17, 15) is 14.4 Å². The molecule has 1 rings (SSSR count). The predicted molar refractivity (Wildman–Crippen MR) is 84.0 cm³/mol. The van der Waals surface area contributed by atoms with Crippen LogP contribution in [0.2, 0.25) is 0 Å². The number of benzene rings is 1. The van der Waals surface area contributed by atoms with Crippen molar-refractivity contribution >= 4 is 23.4 Å². The van der Waals surface area contributed by atoms with Crippen LogP contribution in [0.5, 0.6) is 0 Å². The van der Waals surface area contributed by atoms with Gasteiger partial charge in [-0.2, -0.15) is 0 Å². The Morgan fingerprint density at radius 2 is 1.55 bits per heavy atom. The Bertz CT molecular complexity index is 552. The van der Waals surface area contributed by atoms with Crippen LogP contribution in [0.3, 0.4) is 0 Å². The molecule has 120 valence electrons. The molecular weight excluding hydrogens is 284 g/mol. The first-order valence-electron chi connectivity index (χ1n) is 6.89. The first-order valence-corrected chi connectivity index (χ1v) is 6.89. The molecule has 0 unspecified atom stereocenters. The van der Waals surface area contributed by atoms with Crippen LogP contribution in [-0.4, -0.2) is 42.8 Å². The van der Waals surface area contributed by atoms with Gasteiger partial charge in [0.25, 0.3) is 5.91 Å². The van der Waals surface area contributed by atoms with Gasteiger partial charge in [-0.25, -0.2) is 0 Å². The zero-order valence-corrected chi connectivity index (χ0v) is 13.3. The molecule has 0 atom stereocenters. The lowest BCUT2D eigenvalue weighted by atomic mass is 10.1. The quantitative estimate of drug-likeness (QED) is 0.684. The highest BCUT2D eigenvalue weighted by atomic mass is 16.2. The molecular formula is C15H22N4O3. The molecule has 0 aromatic heterocycles. The van der Waals surface area contributed by atoms with Crippen molar-refractivity contribution in [2.45, 2.75) is 20.8 Å². The van der Waals surface area contributed by atoms with E-state index in [0.29, 0.717) is 0 Å². The zero-order chi connectivity index (χ0) is 16.7. The lowest BCUT2D eigenvalue weighted by molar-refractivity contribution is -0.128. The molecule has 0 saturated carbocycles. The van der Waals surface area contributed by atoms with E-state index < -0.39 is 5.91 Å². The highest BCUT2D eigenvalue weighted by Crippen LogP contribution is 2.19. The maximum Gasteiger partial charge on any atom is 0.252 e. The minimum Gasteiger partial charge on any atom is -0.324 e. The number of hydrogen-bond acceptors (Lipinski definition) is 4. The highest BCUT2D eigenvalue weighted by molar-refractivity contribution is 5.94. The second-order valence-electron chi connectivity index (χ2n) is 5.22. The molecule has 0 bridgehead atoms. The van der Waals surface area contributed by atoms with Crippen molar-refractivity contribution in [1.29, 1.82) is 0 Å². The topological polar surface area (TPSA) is 90.5 Å². The number of carbonyl (C=O) groups excluding carboxylic acids is 3. The van der Waals surface area contributed by atoms with Crippen LogP contribution in [-0.2, 0) is 14.4 Å². The summed E-state index contributed by atoms with van der Waals surface area (Å²) >= 11 is 0. The molecule has 0 radical (unpaired) electrons. The summed E-state index contributed by atoms with van der Waals surface area (Å²) < 4.78 is 0. The van der Waals surface area contributed by atoms with Gasteiger partial charge in [-0.05, 0) is 32.0 Å². The number of hydrazine groups is 1. The number of nitrogens with one attached hydrogen (secondary N) is 3. The van der Waals surface area contributed by atoms with E-state index >= 15 is 0 Å². The van der Waals surface area contributed by atoms with Crippen molar-refractivity contribution in [3.05, 3.63) is 29.3 Å². The maximum absolute atomic E-state index is 12.0. The van der Waals surface area contributed by atoms with Crippen molar-refractivity contribution in [2.24, 2.45) is 0 Å². The Morgan fingerprint density at radius 3 is 2.09 bits per heavy atom. The van der Waals surface area contributed by atoms with Crippen LogP contribution in [0.1, 0.15) is 18.1 Å². The van der Waals surface area contributed by atoms with Gasteiger partial charge in [0.1, 0.15) is 0 Å². The van der Waals surface area contributed by atoms with Gasteiger partial charge in [0.05, 0.1) is 13.1 Å². The summed E-state index contributed by atoms with van der Waals surface area (Å²) in [6, 6.07) is 5.78. The Labute approximate surface area is 130 Å². The number of para-hydroxylation sites is 1. The van der Waals surface area contributed by atoms with Gasteiger partial charge in [-0.1, -0.05) is 18.2 Å². The van der Waals surface area contributed by atoms with Gasteiger partial charge in [-0.15, -0.1) is 0 Å². The number of hydrogen-bond donors (Lipinski definition) is 3. The molecule has 0 heterocycles. The Hall–Kier alpha value is -2.41. The Balaban J connectivity index is 2.47. The number of likely N-dealkylation sites (N-methyl/N-ethyl adjacent to an activating group) is 1. The van der Waals surface area contributed by atoms with Crippen LogP contribution >= 0.6 is 0 Å². The predicted octanol–water partition coefficient (Wildman–Crippen LogP) is 0.341. The summed E-state index contributed by atoms with van der Waals surface area (Å²) in [7, 11) is 1.65. The molecule has 22 heavy (non-hydrogen) atoms. The van der Waals surface area contributed by atoms with E-state index in [2.05, 4.69) is 16.2 Å². The average molecular weight is 306 g/mol. The Kier molecular flexibility index (Phi) is 6.52. The second-order valence-corrected chi connectivity index (χ2v) is 5.22. The number of anilines is 1. The van der Waals surface area contributed by atoms with E-state index in [1.807, 2.05) is 32.0 Å². The summed E-state index contributed by atoms with van der Waals surface area (Å²) in [5.74, 6) is -0.950. The highest BCUT2D eigenvalue weighted by Gasteiger charge is 2.12. The molecule has 1 aromatic carbocycles. The van der Waals surface area contributed by atoms with E-state index in [1.165, 1.54) is 6.92 Å². The minimum atomic E-state index is -0.391. The van der Waals surface area contributed by atoms with E-state index in [-0.39, 0.29) is 24.9 Å². The minimum absolute atomic E-state index is 0.000450. The van der Waals surface area contributed by atoms with Crippen LogP contribution in [0.15, 0.2) is 18.2 Å². The van der Waals surface area contributed by atoms with Crippen LogP contribution in [0, 0.1) is 13.8 Å². The zero-order valence-electron chi connectivity index (χ0n) is 13.3. The third-order valence-corrected chi connectivity index (χ3v) is 2.95. The molecule has 0 saturated heterocycles. The van der Waals surface area contributed by atoms with Crippen molar-refractivity contribution in [3.8, 4) is 0 Å². The normalized spacial score (nSPS) is 10.2. The van der Waals surface area contributed by atoms with Crippen LogP contribution in [0.25, 0.3) is 0 Å². The first kappa shape index (κ1) is 17.6. The average Bonchev–Trinajstić information content (AvgIpc) is 2.40. The summed E-state index contributed by atoms with van der Waals surface area (Å²) in [4.78, 5) is 35.8. The Morgan fingerprint density at radius 1 is 1.00 bits per heavy atom. The summed E-state index contributed by atoms with van der Waals surface area (Å²) in [6.07, 6.45) is 0. The maximum atomic E-state index is 12.0. The first-order chi connectivity index (χ1) is 10.3. The van der Waals surface area contributed by atoms with Gasteiger partial charge < -0.3 is 5.32 Å². The van der Waals surface area contributed by atoms with Crippen molar-refractivity contribution < 1.29 is 14.4 Å². The summed E-state index contributed by atoms with van der Waals surface area (Å²) in [6.45, 7) is 5.21. The number of carbonyl (C=O) groups is 3. The van der Waals surface area contributed by atoms with E-state index in [1.54, 1.807) is 11.9 Å². The van der Waals surface area contributed by atoms with Gasteiger partial charge in [-0.3, -0.25) is 30.1 Å². The van der Waals surface area contributed by atoms with Gasteiger partial charge in [0.2, 0.25) is 11.8 Å². The monoisotopic (exact) mass is 306 g/mol. The molecule has 1 aromatic rings. The number of nitrogens with zero attached hydrogens (tertiary/aromatic N) is 1. The number of rotatable bonds is 5. The van der Waals surface area contributed by atoms with E-state index in [0.717, 1.165) is 16.8 Å². The smallest absolute Gasteiger partial charge is 0.252 e. The lowest BCUT2D eigenvalue weighted by Gasteiger charge is -2.17. The van der Waals surface area contributed by atoms with E-state index in [4.69, 9.17) is 0 Å².